The van der Waals surface area contributed by atoms with E-state index >= 15 is 0 Å². The smallest absolute Gasteiger partial charge is 0.328 e. The summed E-state index contributed by atoms with van der Waals surface area (Å²) in [5.41, 5.74) is 4.12. The first-order valence-corrected chi connectivity index (χ1v) is 15.4. The van der Waals surface area contributed by atoms with Crippen molar-refractivity contribution in [3.63, 3.8) is 0 Å². The van der Waals surface area contributed by atoms with E-state index in [4.69, 9.17) is 25.2 Å². The molecular formula is C37H40F2N2O9. The molecule has 50 heavy (non-hydrogen) atoms. The Hall–Kier alpha value is -5.50. The Balaban J connectivity index is 0.000000450. The lowest BCUT2D eigenvalue weighted by Gasteiger charge is -2.35. The average Bonchev–Trinajstić information content (AvgIpc) is 3.10. The summed E-state index contributed by atoms with van der Waals surface area (Å²) in [6, 6.07) is 23.0. The van der Waals surface area contributed by atoms with Gasteiger partial charge in [-0.3, -0.25) is 4.90 Å². The van der Waals surface area contributed by atoms with E-state index in [2.05, 4.69) is 40.6 Å². The van der Waals surface area contributed by atoms with Crippen molar-refractivity contribution in [2.75, 3.05) is 45.9 Å². The third-order valence-electron chi connectivity index (χ3n) is 7.15. The van der Waals surface area contributed by atoms with Crippen molar-refractivity contribution in [2.24, 2.45) is 0 Å². The molecule has 3 aromatic carbocycles. The molecule has 266 valence electrons. The maximum atomic E-state index is 13.4. The van der Waals surface area contributed by atoms with Gasteiger partial charge in [0, 0.05) is 63.6 Å². The molecule has 0 unspecified atom stereocenters. The number of rotatable bonds is 14. The molecule has 0 spiro atoms. The molecule has 13 heteroatoms. The van der Waals surface area contributed by atoms with Crippen LogP contribution in [0.5, 0.6) is 0 Å². The Morgan fingerprint density at radius 2 is 1.02 bits per heavy atom. The third kappa shape index (κ3) is 17.1. The van der Waals surface area contributed by atoms with E-state index in [1.807, 2.05) is 6.07 Å². The standard InChI is InChI=1S/C29H32F2N2O.2C4H4O4/c1-23(24-5-3-2-4-6-24)15-16-32-17-19-33(20-18-32)21-22-34-29(25-7-11-27(30)12-8-25)26-9-13-28(31)14-10-26;2*5-3(6)1-2-4(7)8/h2-14,29H,1,15-22H2;2*1-2H,(H,5,6)(H,7,8)/b;2*2-1-. The molecule has 1 aliphatic rings. The average molecular weight is 695 g/mol. The number of hydrogen-bond donors (Lipinski definition) is 4. The van der Waals surface area contributed by atoms with Crippen molar-refractivity contribution in [1.29, 1.82) is 0 Å². The molecule has 4 N–H and O–H groups in total. The molecule has 0 amide bonds. The summed E-state index contributed by atoms with van der Waals surface area (Å²) in [5.74, 6) is -5.60. The van der Waals surface area contributed by atoms with Gasteiger partial charge in [-0.15, -0.1) is 0 Å². The second kappa shape index (κ2) is 22.2. The third-order valence-corrected chi connectivity index (χ3v) is 7.15. The highest BCUT2D eigenvalue weighted by atomic mass is 19.1. The predicted octanol–water partition coefficient (Wildman–Crippen LogP) is 5.22. The van der Waals surface area contributed by atoms with Gasteiger partial charge in [0.2, 0.25) is 0 Å². The van der Waals surface area contributed by atoms with Crippen LogP contribution in [-0.4, -0.2) is 100.0 Å². The van der Waals surface area contributed by atoms with Crippen LogP contribution in [0.15, 0.2) is 110 Å². The van der Waals surface area contributed by atoms with E-state index in [0.717, 1.165) is 56.8 Å². The zero-order chi connectivity index (χ0) is 36.9. The highest BCUT2D eigenvalue weighted by Crippen LogP contribution is 2.26. The molecule has 0 bridgehead atoms. The summed E-state index contributed by atoms with van der Waals surface area (Å²) < 4.78 is 33.1. The number of piperazine rings is 1. The summed E-state index contributed by atoms with van der Waals surface area (Å²) in [6.07, 6.45) is 2.85. The van der Waals surface area contributed by atoms with Crippen molar-refractivity contribution >= 4 is 29.5 Å². The molecule has 1 aliphatic heterocycles. The second-order valence-electron chi connectivity index (χ2n) is 10.8. The molecular weight excluding hydrogens is 654 g/mol. The SMILES string of the molecule is C=C(CCN1CCN(CCOC(c2ccc(F)cc2)c2ccc(F)cc2)CC1)c1ccccc1.O=C(O)/C=C\C(=O)O.O=C(O)/C=C\C(=O)O. The van der Waals surface area contributed by atoms with Crippen LogP contribution in [0, 0.1) is 11.6 Å². The topological polar surface area (TPSA) is 165 Å². The van der Waals surface area contributed by atoms with Gasteiger partial charge in [-0.25, -0.2) is 28.0 Å². The molecule has 0 saturated carbocycles. The predicted molar refractivity (Wildman–Crippen MR) is 182 cm³/mol. The van der Waals surface area contributed by atoms with E-state index < -0.39 is 23.9 Å². The minimum atomic E-state index is -1.26. The van der Waals surface area contributed by atoms with Crippen LogP contribution in [0.3, 0.4) is 0 Å². The summed E-state index contributed by atoms with van der Waals surface area (Å²) in [5, 5.41) is 31.2. The van der Waals surface area contributed by atoms with Crippen molar-refractivity contribution in [3.8, 4) is 0 Å². The van der Waals surface area contributed by atoms with Gasteiger partial charge in [-0.1, -0.05) is 61.2 Å². The largest absolute Gasteiger partial charge is 0.478 e. The summed E-state index contributed by atoms with van der Waals surface area (Å²) >= 11 is 0. The molecule has 1 heterocycles. The fourth-order valence-corrected chi connectivity index (χ4v) is 4.59. The first-order valence-electron chi connectivity index (χ1n) is 15.4. The number of ether oxygens (including phenoxy) is 1. The number of carboxylic acids is 4. The Labute approximate surface area is 288 Å². The molecule has 0 atom stereocenters. The number of benzene rings is 3. The van der Waals surface area contributed by atoms with Crippen LogP contribution in [0.4, 0.5) is 8.78 Å². The quantitative estimate of drug-likeness (QED) is 0.164. The minimum absolute atomic E-state index is 0.285. The molecule has 4 rings (SSSR count). The maximum Gasteiger partial charge on any atom is 0.328 e. The van der Waals surface area contributed by atoms with Gasteiger partial charge in [0.1, 0.15) is 17.7 Å². The van der Waals surface area contributed by atoms with Crippen LogP contribution in [0.2, 0.25) is 0 Å². The summed E-state index contributed by atoms with van der Waals surface area (Å²) in [7, 11) is 0. The van der Waals surface area contributed by atoms with Gasteiger partial charge in [0.05, 0.1) is 6.61 Å². The van der Waals surface area contributed by atoms with Gasteiger partial charge in [-0.05, 0) is 52.9 Å². The molecule has 1 fully saturated rings. The Kier molecular flexibility index (Phi) is 18.1. The maximum absolute atomic E-state index is 13.4. The Bertz CT molecular complexity index is 1480. The highest BCUT2D eigenvalue weighted by Gasteiger charge is 2.19. The van der Waals surface area contributed by atoms with E-state index in [9.17, 15) is 28.0 Å². The lowest BCUT2D eigenvalue weighted by molar-refractivity contribution is -0.134. The monoisotopic (exact) mass is 694 g/mol. The van der Waals surface area contributed by atoms with Gasteiger partial charge in [0.15, 0.2) is 0 Å². The van der Waals surface area contributed by atoms with E-state index in [1.54, 1.807) is 24.3 Å². The Morgan fingerprint density at radius 1 is 0.640 bits per heavy atom. The highest BCUT2D eigenvalue weighted by molar-refractivity contribution is 5.90. The van der Waals surface area contributed by atoms with Crippen LogP contribution in [0.1, 0.15) is 29.2 Å². The van der Waals surface area contributed by atoms with Gasteiger partial charge in [0.25, 0.3) is 0 Å². The van der Waals surface area contributed by atoms with E-state index in [1.165, 1.54) is 35.4 Å². The first kappa shape index (κ1) is 40.7. The lowest BCUT2D eigenvalue weighted by atomic mass is 10.0. The number of hydrogen-bond acceptors (Lipinski definition) is 7. The fraction of sp³-hybridized carbons (Fsp3) is 0.243. The summed E-state index contributed by atoms with van der Waals surface area (Å²) in [4.78, 5) is 43.1. The fourth-order valence-electron chi connectivity index (χ4n) is 4.59. The van der Waals surface area contributed by atoms with Gasteiger partial charge >= 0.3 is 23.9 Å². The number of halogens is 2. The normalized spacial score (nSPS) is 13.3. The van der Waals surface area contributed by atoms with Crippen molar-refractivity contribution in [2.45, 2.75) is 12.5 Å². The number of carboxylic acid groups (broad SMARTS) is 4. The zero-order valence-electron chi connectivity index (χ0n) is 27.2. The van der Waals surface area contributed by atoms with Crippen molar-refractivity contribution in [3.05, 3.63) is 138 Å². The summed E-state index contributed by atoms with van der Waals surface area (Å²) in [6.45, 7) is 10.7. The lowest BCUT2D eigenvalue weighted by Crippen LogP contribution is -2.47. The van der Waals surface area contributed by atoms with E-state index in [0.29, 0.717) is 30.9 Å². The molecule has 0 aromatic heterocycles. The minimum Gasteiger partial charge on any atom is -0.478 e. The molecule has 3 aromatic rings. The second-order valence-corrected chi connectivity index (χ2v) is 10.8. The van der Waals surface area contributed by atoms with Crippen molar-refractivity contribution < 1.29 is 53.1 Å². The van der Waals surface area contributed by atoms with Gasteiger partial charge < -0.3 is 30.1 Å². The number of carbonyl (C=O) groups is 4. The van der Waals surface area contributed by atoms with Crippen LogP contribution in [-0.2, 0) is 23.9 Å². The van der Waals surface area contributed by atoms with E-state index in [-0.39, 0.29) is 17.7 Å². The van der Waals surface area contributed by atoms with Crippen LogP contribution in [0.25, 0.3) is 5.57 Å². The zero-order valence-corrected chi connectivity index (χ0v) is 27.2. The number of aliphatic carboxylic acids is 4. The van der Waals surface area contributed by atoms with Crippen LogP contribution < -0.4 is 0 Å². The Morgan fingerprint density at radius 3 is 1.40 bits per heavy atom. The van der Waals surface area contributed by atoms with Crippen LogP contribution >= 0.6 is 0 Å². The van der Waals surface area contributed by atoms with Crippen molar-refractivity contribution in [1.82, 2.24) is 9.80 Å². The molecule has 0 radical (unpaired) electrons. The molecule has 11 nitrogen and oxygen atoms in total. The molecule has 1 saturated heterocycles. The molecule has 0 aliphatic carbocycles. The first-order chi connectivity index (χ1) is 23.8. The number of nitrogens with zero attached hydrogens (tertiary/aromatic N) is 2. The van der Waals surface area contributed by atoms with Gasteiger partial charge in [-0.2, -0.15) is 0 Å².